The average Bonchev–Trinajstić information content (AvgIpc) is 3.39. The van der Waals surface area contributed by atoms with Gasteiger partial charge < -0.3 is 20.3 Å². The number of methoxy groups -OCH3 is 1. The third-order valence-electron chi connectivity index (χ3n) is 6.52. The zero-order valence-corrected chi connectivity index (χ0v) is 19.2. The maximum Gasteiger partial charge on any atom is 0.272 e. The van der Waals surface area contributed by atoms with Crippen LogP contribution in [0.15, 0.2) is 48.5 Å². The second kappa shape index (κ2) is 8.33. The van der Waals surface area contributed by atoms with Gasteiger partial charge >= 0.3 is 0 Å². The van der Waals surface area contributed by atoms with Gasteiger partial charge in [0.2, 0.25) is 5.91 Å². The number of carbonyl (C=O) groups is 3. The highest BCUT2D eigenvalue weighted by molar-refractivity contribution is 6.11. The van der Waals surface area contributed by atoms with Crippen LogP contribution in [0.3, 0.4) is 0 Å². The Morgan fingerprint density at radius 2 is 1.85 bits per heavy atom. The average molecular weight is 460 g/mol. The van der Waals surface area contributed by atoms with Crippen LogP contribution in [0, 0.1) is 6.92 Å². The maximum absolute atomic E-state index is 13.5. The number of ether oxygens (including phenoxy) is 1. The molecule has 3 aromatic rings. The van der Waals surface area contributed by atoms with Crippen LogP contribution in [-0.4, -0.2) is 58.1 Å². The van der Waals surface area contributed by atoms with Gasteiger partial charge in [-0.15, -0.1) is 0 Å². The highest BCUT2D eigenvalue weighted by Gasteiger charge is 2.45. The van der Waals surface area contributed by atoms with Crippen molar-refractivity contribution in [3.63, 3.8) is 0 Å². The lowest BCUT2D eigenvalue weighted by atomic mass is 10.0. The van der Waals surface area contributed by atoms with Crippen molar-refractivity contribution in [1.82, 2.24) is 20.0 Å². The van der Waals surface area contributed by atoms with Crippen LogP contribution in [0.5, 0.6) is 5.75 Å². The van der Waals surface area contributed by atoms with E-state index in [9.17, 15) is 14.4 Å². The lowest BCUT2D eigenvalue weighted by Gasteiger charge is -2.24. The fourth-order valence-corrected chi connectivity index (χ4v) is 4.56. The molecule has 1 fully saturated rings. The smallest absolute Gasteiger partial charge is 0.272 e. The molecule has 0 spiro atoms. The molecule has 2 aliphatic rings. The largest absolute Gasteiger partial charge is 0.497 e. The highest BCUT2D eigenvalue weighted by atomic mass is 16.5. The topological polar surface area (TPSA) is 106 Å². The summed E-state index contributed by atoms with van der Waals surface area (Å²) in [5, 5.41) is 10.00. The summed E-state index contributed by atoms with van der Waals surface area (Å²) in [6.07, 6.45) is 0.481. The summed E-state index contributed by atoms with van der Waals surface area (Å²) < 4.78 is 6.84. The molecule has 9 nitrogen and oxygen atoms in total. The Balaban J connectivity index is 1.41. The molecule has 0 bridgehead atoms. The molecule has 0 radical (unpaired) electrons. The van der Waals surface area contributed by atoms with Crippen molar-refractivity contribution < 1.29 is 19.1 Å². The van der Waals surface area contributed by atoms with Crippen molar-refractivity contribution in [1.29, 1.82) is 0 Å². The zero-order valence-electron chi connectivity index (χ0n) is 19.2. The van der Waals surface area contributed by atoms with Crippen molar-refractivity contribution in [2.24, 2.45) is 7.05 Å². The summed E-state index contributed by atoms with van der Waals surface area (Å²) in [5.41, 5.74) is 3.82. The summed E-state index contributed by atoms with van der Waals surface area (Å²) in [5.74, 6) is -0.168. The summed E-state index contributed by atoms with van der Waals surface area (Å²) in [6.45, 7) is 2.23. The predicted molar refractivity (Wildman–Crippen MR) is 126 cm³/mol. The molecule has 2 unspecified atom stereocenters. The van der Waals surface area contributed by atoms with E-state index in [0.717, 1.165) is 22.6 Å². The second-order valence-electron chi connectivity index (χ2n) is 8.58. The van der Waals surface area contributed by atoms with Gasteiger partial charge in [0, 0.05) is 19.3 Å². The molecule has 1 saturated heterocycles. The van der Waals surface area contributed by atoms with E-state index in [1.54, 1.807) is 41.9 Å². The minimum absolute atomic E-state index is 0.237. The molecule has 9 heteroatoms. The molecular formula is C25H25N5O4. The molecule has 1 aromatic heterocycles. The molecule has 34 heavy (non-hydrogen) atoms. The monoisotopic (exact) mass is 459 g/mol. The Morgan fingerprint density at radius 1 is 1.12 bits per heavy atom. The fourth-order valence-electron chi connectivity index (χ4n) is 4.56. The van der Waals surface area contributed by atoms with Crippen molar-refractivity contribution >= 4 is 23.4 Å². The molecule has 0 saturated carbocycles. The van der Waals surface area contributed by atoms with E-state index < -0.39 is 12.1 Å². The van der Waals surface area contributed by atoms with Gasteiger partial charge in [0.15, 0.2) is 0 Å². The van der Waals surface area contributed by atoms with Crippen LogP contribution >= 0.6 is 0 Å². The molecule has 3 amide bonds. The molecule has 2 atom stereocenters. The lowest BCUT2D eigenvalue weighted by Crippen LogP contribution is -2.51. The van der Waals surface area contributed by atoms with Crippen molar-refractivity contribution in [3.05, 3.63) is 65.5 Å². The number of fused-ring (bicyclic) bond motifs is 2. The number of benzene rings is 2. The molecule has 0 aliphatic carbocycles. The van der Waals surface area contributed by atoms with Crippen LogP contribution in [0.4, 0.5) is 5.69 Å². The summed E-state index contributed by atoms with van der Waals surface area (Å²) >= 11 is 0. The number of anilines is 1. The van der Waals surface area contributed by atoms with Gasteiger partial charge in [0.1, 0.15) is 17.5 Å². The molecule has 174 valence electrons. The number of aryl methyl sites for hydroxylation is 2. The van der Waals surface area contributed by atoms with Crippen molar-refractivity contribution in [3.8, 4) is 16.9 Å². The minimum Gasteiger partial charge on any atom is -0.497 e. The third kappa shape index (κ3) is 3.68. The first-order chi connectivity index (χ1) is 16.4. The van der Waals surface area contributed by atoms with Gasteiger partial charge in [-0.3, -0.25) is 19.1 Å². The Bertz CT molecular complexity index is 1280. The number of hydrogen-bond donors (Lipinski definition) is 2. The standard InChI is InChI=1S/C25H25N5O4/c1-14-12-21(28-29(14)2)23(31)27-20-10-11-30-22(20)24(32)26-19-9-6-16(13-18(19)25(30)33)15-4-7-17(34-3)8-5-15/h4-9,12-13,20,22H,10-11H2,1-3H3,(H,26,32)(H,27,31). The van der Waals surface area contributed by atoms with E-state index in [1.165, 1.54) is 0 Å². The maximum atomic E-state index is 13.5. The number of carbonyl (C=O) groups excluding carboxylic acids is 3. The van der Waals surface area contributed by atoms with Crippen molar-refractivity contribution in [2.45, 2.75) is 25.4 Å². The molecule has 5 rings (SSSR count). The molecular weight excluding hydrogens is 434 g/mol. The fraction of sp³-hybridized carbons (Fsp3) is 0.280. The minimum atomic E-state index is -0.793. The van der Waals surface area contributed by atoms with Gasteiger partial charge in [-0.25, -0.2) is 0 Å². The number of nitrogens with zero attached hydrogens (tertiary/aromatic N) is 3. The Kier molecular flexibility index (Phi) is 5.31. The zero-order chi connectivity index (χ0) is 24.0. The van der Waals surface area contributed by atoms with E-state index in [1.807, 2.05) is 37.3 Å². The quantitative estimate of drug-likeness (QED) is 0.623. The SMILES string of the molecule is COc1ccc(-c2ccc3c(c2)C(=O)N2CCC(NC(=O)c4cc(C)n(C)n4)C2C(=O)N3)cc1. The van der Waals surface area contributed by atoms with Gasteiger partial charge in [-0.05, 0) is 54.8 Å². The molecule has 2 aliphatic heterocycles. The van der Waals surface area contributed by atoms with Gasteiger partial charge in [0.25, 0.3) is 11.8 Å². The normalized spacial score (nSPS) is 19.2. The van der Waals surface area contributed by atoms with E-state index in [2.05, 4.69) is 15.7 Å². The van der Waals surface area contributed by atoms with Crippen LogP contribution in [0.1, 0.15) is 33.0 Å². The summed E-state index contributed by atoms with van der Waals surface area (Å²) in [7, 11) is 3.37. The highest BCUT2D eigenvalue weighted by Crippen LogP contribution is 2.32. The number of hydrogen-bond acceptors (Lipinski definition) is 5. The molecule has 2 N–H and O–H groups in total. The first-order valence-electron chi connectivity index (χ1n) is 11.1. The second-order valence-corrected chi connectivity index (χ2v) is 8.58. The van der Waals surface area contributed by atoms with E-state index >= 15 is 0 Å². The van der Waals surface area contributed by atoms with E-state index in [0.29, 0.717) is 24.2 Å². The Hall–Kier alpha value is -4.14. The summed E-state index contributed by atoms with van der Waals surface area (Å²) in [4.78, 5) is 40.9. The first-order valence-corrected chi connectivity index (χ1v) is 11.1. The van der Waals surface area contributed by atoms with Crippen molar-refractivity contribution in [2.75, 3.05) is 19.0 Å². The number of nitrogens with one attached hydrogen (secondary N) is 2. The summed E-state index contributed by atoms with van der Waals surface area (Å²) in [6, 6.07) is 13.4. The third-order valence-corrected chi connectivity index (χ3v) is 6.52. The van der Waals surface area contributed by atoms with Crippen LogP contribution in [-0.2, 0) is 11.8 Å². The van der Waals surface area contributed by atoms with Gasteiger partial charge in [0.05, 0.1) is 24.4 Å². The lowest BCUT2D eigenvalue weighted by molar-refractivity contribution is -0.120. The number of amides is 3. The molecule has 3 heterocycles. The Morgan fingerprint density at radius 3 is 2.53 bits per heavy atom. The van der Waals surface area contributed by atoms with E-state index in [-0.39, 0.29) is 23.4 Å². The van der Waals surface area contributed by atoms with Crippen LogP contribution in [0.25, 0.3) is 11.1 Å². The van der Waals surface area contributed by atoms with Crippen LogP contribution < -0.4 is 15.4 Å². The Labute approximate surface area is 196 Å². The number of rotatable bonds is 4. The molecule has 2 aromatic carbocycles. The van der Waals surface area contributed by atoms with Gasteiger partial charge in [-0.1, -0.05) is 18.2 Å². The van der Waals surface area contributed by atoms with Crippen LogP contribution in [0.2, 0.25) is 0 Å². The van der Waals surface area contributed by atoms with E-state index in [4.69, 9.17) is 4.74 Å². The van der Waals surface area contributed by atoms with Gasteiger partial charge in [-0.2, -0.15) is 5.10 Å². The predicted octanol–water partition coefficient (Wildman–Crippen LogP) is 2.37. The first kappa shape index (κ1) is 21.7. The number of aromatic nitrogens is 2.